The lowest BCUT2D eigenvalue weighted by molar-refractivity contribution is 0.921. The fraction of sp³-hybridized carbons (Fsp3) is 0.167. The SMILES string of the molecule is Cn1c(-c2ccccc2)nc(CCc2ccccc2)c1N. The summed E-state index contributed by atoms with van der Waals surface area (Å²) in [7, 11) is 1.97. The van der Waals surface area contributed by atoms with Crippen molar-refractivity contribution in [1.82, 2.24) is 9.55 Å². The highest BCUT2D eigenvalue weighted by Gasteiger charge is 2.13. The minimum atomic E-state index is 0.754. The molecule has 3 rings (SSSR count). The Labute approximate surface area is 125 Å². The van der Waals surface area contributed by atoms with Gasteiger partial charge in [-0.05, 0) is 18.4 Å². The van der Waals surface area contributed by atoms with Gasteiger partial charge in [0.1, 0.15) is 11.6 Å². The number of nitrogens with zero attached hydrogens (tertiary/aromatic N) is 2. The molecule has 3 nitrogen and oxygen atoms in total. The van der Waals surface area contributed by atoms with E-state index in [1.54, 1.807) is 0 Å². The zero-order valence-corrected chi connectivity index (χ0v) is 12.2. The van der Waals surface area contributed by atoms with E-state index in [9.17, 15) is 0 Å². The van der Waals surface area contributed by atoms with Crippen molar-refractivity contribution in [1.29, 1.82) is 0 Å². The third-order valence-corrected chi connectivity index (χ3v) is 3.74. The maximum Gasteiger partial charge on any atom is 0.141 e. The Kier molecular flexibility index (Phi) is 3.73. The Morgan fingerprint density at radius 3 is 2.19 bits per heavy atom. The van der Waals surface area contributed by atoms with Gasteiger partial charge in [-0.15, -0.1) is 0 Å². The van der Waals surface area contributed by atoms with Gasteiger partial charge in [-0.2, -0.15) is 0 Å². The normalized spacial score (nSPS) is 10.7. The standard InChI is InChI=1S/C18H19N3/c1-21-17(19)16(13-12-14-8-4-2-5-9-14)20-18(21)15-10-6-3-7-11-15/h2-11H,12-13,19H2,1H3. The number of hydrogen-bond donors (Lipinski definition) is 1. The summed E-state index contributed by atoms with van der Waals surface area (Å²) in [5.41, 5.74) is 9.58. The molecule has 0 saturated heterocycles. The highest BCUT2D eigenvalue weighted by atomic mass is 15.1. The summed E-state index contributed by atoms with van der Waals surface area (Å²) in [6, 6.07) is 20.6. The molecule has 1 heterocycles. The second-order valence-electron chi connectivity index (χ2n) is 5.18. The van der Waals surface area contributed by atoms with Crippen molar-refractivity contribution in [3.05, 3.63) is 71.9 Å². The number of nitrogen functional groups attached to an aromatic ring is 1. The molecule has 0 atom stereocenters. The third-order valence-electron chi connectivity index (χ3n) is 3.74. The van der Waals surface area contributed by atoms with Crippen LogP contribution >= 0.6 is 0 Å². The molecule has 0 saturated carbocycles. The summed E-state index contributed by atoms with van der Waals surface area (Å²) < 4.78 is 1.97. The zero-order chi connectivity index (χ0) is 14.7. The minimum Gasteiger partial charge on any atom is -0.384 e. The van der Waals surface area contributed by atoms with Crippen LogP contribution in [-0.2, 0) is 19.9 Å². The number of nitrogens with two attached hydrogens (primary N) is 1. The van der Waals surface area contributed by atoms with E-state index in [2.05, 4.69) is 36.4 Å². The molecular weight excluding hydrogens is 258 g/mol. The van der Waals surface area contributed by atoms with Crippen molar-refractivity contribution >= 4 is 5.82 Å². The van der Waals surface area contributed by atoms with Gasteiger partial charge < -0.3 is 10.3 Å². The second kappa shape index (κ2) is 5.83. The molecule has 2 N–H and O–H groups in total. The number of aryl methyl sites for hydroxylation is 2. The predicted octanol–water partition coefficient (Wildman–Crippen LogP) is 3.45. The van der Waals surface area contributed by atoms with Gasteiger partial charge in [0.2, 0.25) is 0 Å². The topological polar surface area (TPSA) is 43.8 Å². The Bertz CT molecular complexity index is 715. The molecule has 0 amide bonds. The van der Waals surface area contributed by atoms with Crippen molar-refractivity contribution < 1.29 is 0 Å². The summed E-state index contributed by atoms with van der Waals surface area (Å²) in [4.78, 5) is 4.73. The molecule has 21 heavy (non-hydrogen) atoms. The molecule has 106 valence electrons. The number of imidazole rings is 1. The molecule has 3 aromatic rings. The lowest BCUT2D eigenvalue weighted by atomic mass is 10.1. The van der Waals surface area contributed by atoms with Crippen LogP contribution < -0.4 is 5.73 Å². The Hall–Kier alpha value is -2.55. The predicted molar refractivity (Wildman–Crippen MR) is 86.9 cm³/mol. The molecular formula is C18H19N3. The van der Waals surface area contributed by atoms with Gasteiger partial charge in [0.05, 0.1) is 5.69 Å². The fourth-order valence-corrected chi connectivity index (χ4v) is 2.50. The van der Waals surface area contributed by atoms with Crippen LogP contribution in [0.2, 0.25) is 0 Å². The van der Waals surface area contributed by atoms with E-state index in [0.29, 0.717) is 0 Å². The monoisotopic (exact) mass is 277 g/mol. The maximum atomic E-state index is 6.21. The molecule has 0 radical (unpaired) electrons. The number of hydrogen-bond acceptors (Lipinski definition) is 2. The van der Waals surface area contributed by atoms with Crippen molar-refractivity contribution in [3.63, 3.8) is 0 Å². The molecule has 2 aromatic carbocycles. The van der Waals surface area contributed by atoms with E-state index in [0.717, 1.165) is 35.7 Å². The summed E-state index contributed by atoms with van der Waals surface area (Å²) >= 11 is 0. The van der Waals surface area contributed by atoms with Gasteiger partial charge in [-0.25, -0.2) is 4.98 Å². The average Bonchev–Trinajstić information content (AvgIpc) is 2.83. The third kappa shape index (κ3) is 2.82. The van der Waals surface area contributed by atoms with E-state index in [1.807, 2.05) is 35.9 Å². The highest BCUT2D eigenvalue weighted by molar-refractivity contribution is 5.60. The van der Waals surface area contributed by atoms with E-state index in [1.165, 1.54) is 5.56 Å². The van der Waals surface area contributed by atoms with E-state index in [4.69, 9.17) is 10.7 Å². The lowest BCUT2D eigenvalue weighted by Crippen LogP contribution is -2.01. The first-order chi connectivity index (χ1) is 10.3. The first-order valence-corrected chi connectivity index (χ1v) is 7.16. The van der Waals surface area contributed by atoms with Crippen molar-refractivity contribution in [3.8, 4) is 11.4 Å². The van der Waals surface area contributed by atoms with E-state index < -0.39 is 0 Å². The van der Waals surface area contributed by atoms with Crippen LogP contribution in [0, 0.1) is 0 Å². The van der Waals surface area contributed by atoms with Gasteiger partial charge in [-0.3, -0.25) is 0 Å². The first-order valence-electron chi connectivity index (χ1n) is 7.16. The van der Waals surface area contributed by atoms with Crippen molar-refractivity contribution in [2.75, 3.05) is 5.73 Å². The van der Waals surface area contributed by atoms with Gasteiger partial charge >= 0.3 is 0 Å². The molecule has 3 heteroatoms. The van der Waals surface area contributed by atoms with Crippen LogP contribution in [-0.4, -0.2) is 9.55 Å². The molecule has 0 unspecified atom stereocenters. The molecule has 0 bridgehead atoms. The van der Waals surface area contributed by atoms with Crippen LogP contribution in [0.5, 0.6) is 0 Å². The molecule has 0 aliphatic heterocycles. The van der Waals surface area contributed by atoms with Crippen molar-refractivity contribution in [2.24, 2.45) is 7.05 Å². The second-order valence-corrected chi connectivity index (χ2v) is 5.18. The Balaban J connectivity index is 1.84. The number of rotatable bonds is 4. The maximum absolute atomic E-state index is 6.21. The first kappa shape index (κ1) is 13.4. The van der Waals surface area contributed by atoms with E-state index >= 15 is 0 Å². The lowest BCUT2D eigenvalue weighted by Gasteiger charge is -2.02. The minimum absolute atomic E-state index is 0.754. The quantitative estimate of drug-likeness (QED) is 0.793. The largest absolute Gasteiger partial charge is 0.384 e. The summed E-state index contributed by atoms with van der Waals surface area (Å²) in [5, 5.41) is 0. The van der Waals surface area contributed by atoms with Crippen LogP contribution in [0.1, 0.15) is 11.3 Å². The number of aromatic nitrogens is 2. The zero-order valence-electron chi connectivity index (χ0n) is 12.2. The number of anilines is 1. The summed E-state index contributed by atoms with van der Waals surface area (Å²) in [5.74, 6) is 1.68. The van der Waals surface area contributed by atoms with Gasteiger partial charge in [0.25, 0.3) is 0 Å². The highest BCUT2D eigenvalue weighted by Crippen LogP contribution is 2.23. The van der Waals surface area contributed by atoms with Gasteiger partial charge in [0.15, 0.2) is 0 Å². The van der Waals surface area contributed by atoms with E-state index in [-0.39, 0.29) is 0 Å². The van der Waals surface area contributed by atoms with Crippen LogP contribution in [0.4, 0.5) is 5.82 Å². The summed E-state index contributed by atoms with van der Waals surface area (Å²) in [6.07, 6.45) is 1.81. The molecule has 0 spiro atoms. The average molecular weight is 277 g/mol. The van der Waals surface area contributed by atoms with Gasteiger partial charge in [0, 0.05) is 12.6 Å². The number of benzene rings is 2. The molecule has 0 fully saturated rings. The summed E-state index contributed by atoms with van der Waals surface area (Å²) in [6.45, 7) is 0. The molecule has 1 aromatic heterocycles. The fourth-order valence-electron chi connectivity index (χ4n) is 2.50. The van der Waals surface area contributed by atoms with Gasteiger partial charge in [-0.1, -0.05) is 60.7 Å². The smallest absolute Gasteiger partial charge is 0.141 e. The molecule has 0 aliphatic carbocycles. The van der Waals surface area contributed by atoms with Crippen LogP contribution in [0.25, 0.3) is 11.4 Å². The van der Waals surface area contributed by atoms with Crippen LogP contribution in [0.3, 0.4) is 0 Å². The Morgan fingerprint density at radius 2 is 1.52 bits per heavy atom. The van der Waals surface area contributed by atoms with Crippen LogP contribution in [0.15, 0.2) is 60.7 Å². The molecule has 0 aliphatic rings. The Morgan fingerprint density at radius 1 is 0.905 bits per heavy atom. The van der Waals surface area contributed by atoms with Crippen molar-refractivity contribution in [2.45, 2.75) is 12.8 Å².